The molecule has 0 amide bonds. The minimum atomic E-state index is 0.194. The van der Waals surface area contributed by atoms with Crippen molar-refractivity contribution in [2.24, 2.45) is 11.7 Å². The topological polar surface area (TPSA) is 26.0 Å². The predicted octanol–water partition coefficient (Wildman–Crippen LogP) is 3.86. The van der Waals surface area contributed by atoms with Crippen molar-refractivity contribution in [3.8, 4) is 0 Å². The summed E-state index contributed by atoms with van der Waals surface area (Å²) in [7, 11) is 0. The molecule has 1 aromatic rings. The Kier molecular flexibility index (Phi) is 3.95. The number of nitrogens with two attached hydrogens (primary N) is 1. The molecule has 1 unspecified atom stereocenters. The van der Waals surface area contributed by atoms with Crippen LogP contribution in [-0.2, 0) is 0 Å². The van der Waals surface area contributed by atoms with Gasteiger partial charge in [0.05, 0.1) is 3.79 Å². The summed E-state index contributed by atoms with van der Waals surface area (Å²) in [6.45, 7) is 6.49. The van der Waals surface area contributed by atoms with Crippen LogP contribution in [0.1, 0.15) is 36.8 Å². The maximum absolute atomic E-state index is 6.12. The van der Waals surface area contributed by atoms with Crippen molar-refractivity contribution >= 4 is 27.3 Å². The van der Waals surface area contributed by atoms with E-state index in [4.69, 9.17) is 5.73 Å². The third-order valence-electron chi connectivity index (χ3n) is 2.46. The molecule has 0 bridgehead atoms. The Bertz CT molecular complexity index is 263. The van der Waals surface area contributed by atoms with E-state index >= 15 is 0 Å². The summed E-state index contributed by atoms with van der Waals surface area (Å²) in [6.07, 6.45) is 1.13. The Balaban J connectivity index is 2.82. The molecular weight excluding hydrogens is 246 g/mol. The summed E-state index contributed by atoms with van der Waals surface area (Å²) in [5.41, 5.74) is 7.41. The third-order valence-corrected chi connectivity index (χ3v) is 4.70. The molecule has 0 aliphatic carbocycles. The first-order chi connectivity index (χ1) is 6.06. The summed E-state index contributed by atoms with van der Waals surface area (Å²) in [4.78, 5) is 1.29. The number of aryl methyl sites for hydroxylation is 1. The summed E-state index contributed by atoms with van der Waals surface area (Å²) in [5, 5.41) is 0. The van der Waals surface area contributed by atoms with E-state index < -0.39 is 0 Å². The number of hydrogen-bond donors (Lipinski definition) is 1. The van der Waals surface area contributed by atoms with E-state index in [0.29, 0.717) is 5.92 Å². The third kappa shape index (κ3) is 2.55. The molecule has 1 nitrogen and oxygen atoms in total. The van der Waals surface area contributed by atoms with Gasteiger partial charge in [-0.05, 0) is 40.4 Å². The molecule has 13 heavy (non-hydrogen) atoms. The second-order valence-corrected chi connectivity index (χ2v) is 5.92. The van der Waals surface area contributed by atoms with Crippen molar-refractivity contribution in [3.63, 3.8) is 0 Å². The van der Waals surface area contributed by atoms with Gasteiger partial charge >= 0.3 is 0 Å². The molecule has 74 valence electrons. The predicted molar refractivity (Wildman–Crippen MR) is 63.1 cm³/mol. The van der Waals surface area contributed by atoms with Gasteiger partial charge in [-0.25, -0.2) is 0 Å². The van der Waals surface area contributed by atoms with Crippen molar-refractivity contribution in [2.75, 3.05) is 0 Å². The van der Waals surface area contributed by atoms with Crippen molar-refractivity contribution < 1.29 is 0 Å². The molecule has 0 spiro atoms. The quantitative estimate of drug-likeness (QED) is 0.879. The average molecular weight is 262 g/mol. The second-order valence-electron chi connectivity index (χ2n) is 3.52. The van der Waals surface area contributed by atoms with Crippen LogP contribution < -0.4 is 5.73 Å². The monoisotopic (exact) mass is 261 g/mol. The van der Waals surface area contributed by atoms with Crippen molar-refractivity contribution in [1.82, 2.24) is 0 Å². The zero-order valence-electron chi connectivity index (χ0n) is 8.30. The van der Waals surface area contributed by atoms with Crippen molar-refractivity contribution in [2.45, 2.75) is 33.2 Å². The van der Waals surface area contributed by atoms with E-state index in [1.807, 2.05) is 0 Å². The molecule has 0 fully saturated rings. The fourth-order valence-corrected chi connectivity index (χ4v) is 2.89. The molecule has 0 saturated carbocycles. The molecule has 0 aromatic carbocycles. The van der Waals surface area contributed by atoms with Gasteiger partial charge in [0.2, 0.25) is 0 Å². The molecular formula is C10H16BrNS. The SMILES string of the molecule is CCC(C)[C@H](N)c1cc(C)c(Br)s1. The Morgan fingerprint density at radius 3 is 2.62 bits per heavy atom. The Morgan fingerprint density at radius 2 is 2.23 bits per heavy atom. The number of rotatable bonds is 3. The van der Waals surface area contributed by atoms with Crippen LogP contribution >= 0.6 is 27.3 Å². The zero-order chi connectivity index (χ0) is 10.0. The normalized spacial score (nSPS) is 15.8. The van der Waals surface area contributed by atoms with Crippen molar-refractivity contribution in [3.05, 3.63) is 20.3 Å². The van der Waals surface area contributed by atoms with E-state index in [-0.39, 0.29) is 6.04 Å². The maximum Gasteiger partial charge on any atom is 0.0731 e. The maximum atomic E-state index is 6.12. The molecule has 0 aliphatic rings. The lowest BCUT2D eigenvalue weighted by Gasteiger charge is -2.16. The molecule has 0 aliphatic heterocycles. The fourth-order valence-electron chi connectivity index (χ4n) is 1.18. The molecule has 0 saturated heterocycles. The van der Waals surface area contributed by atoms with Gasteiger partial charge < -0.3 is 5.73 Å². The van der Waals surface area contributed by atoms with Crippen LogP contribution in [0.15, 0.2) is 9.85 Å². The lowest BCUT2D eigenvalue weighted by atomic mass is 9.99. The van der Waals surface area contributed by atoms with Gasteiger partial charge in [-0.2, -0.15) is 0 Å². The van der Waals surface area contributed by atoms with Gasteiger partial charge in [0.15, 0.2) is 0 Å². The Labute approximate surface area is 92.5 Å². The van der Waals surface area contributed by atoms with E-state index in [2.05, 4.69) is 42.8 Å². The largest absolute Gasteiger partial charge is 0.323 e. The number of thiophene rings is 1. The molecule has 0 radical (unpaired) electrons. The van der Waals surface area contributed by atoms with Gasteiger partial charge in [0.25, 0.3) is 0 Å². The highest BCUT2D eigenvalue weighted by Crippen LogP contribution is 2.33. The van der Waals surface area contributed by atoms with Gasteiger partial charge in [-0.15, -0.1) is 11.3 Å². The van der Waals surface area contributed by atoms with E-state index in [1.54, 1.807) is 11.3 Å². The second kappa shape index (κ2) is 4.58. The first-order valence-corrected chi connectivity index (χ1v) is 6.18. The number of hydrogen-bond acceptors (Lipinski definition) is 2. The highest BCUT2D eigenvalue weighted by Gasteiger charge is 2.16. The Hall–Kier alpha value is 0.140. The minimum Gasteiger partial charge on any atom is -0.323 e. The lowest BCUT2D eigenvalue weighted by Crippen LogP contribution is -2.17. The van der Waals surface area contributed by atoms with Crippen LogP contribution in [0.5, 0.6) is 0 Å². The molecule has 2 N–H and O–H groups in total. The van der Waals surface area contributed by atoms with Crippen LogP contribution in [0.3, 0.4) is 0 Å². The fraction of sp³-hybridized carbons (Fsp3) is 0.600. The van der Waals surface area contributed by atoms with Crippen LogP contribution in [0.25, 0.3) is 0 Å². The van der Waals surface area contributed by atoms with Crippen LogP contribution in [-0.4, -0.2) is 0 Å². The Morgan fingerprint density at radius 1 is 1.62 bits per heavy atom. The standard InChI is InChI=1S/C10H16BrNS/c1-4-6(2)9(12)8-5-7(3)10(11)13-8/h5-6,9H,4,12H2,1-3H3/t6?,9-/m0/s1. The van der Waals surface area contributed by atoms with Gasteiger partial charge in [0, 0.05) is 10.9 Å². The highest BCUT2D eigenvalue weighted by molar-refractivity contribution is 9.11. The molecule has 1 heterocycles. The minimum absolute atomic E-state index is 0.194. The lowest BCUT2D eigenvalue weighted by molar-refractivity contribution is 0.462. The molecule has 3 heteroatoms. The van der Waals surface area contributed by atoms with Gasteiger partial charge in [-0.1, -0.05) is 20.3 Å². The van der Waals surface area contributed by atoms with E-state index in [9.17, 15) is 0 Å². The van der Waals surface area contributed by atoms with E-state index in [0.717, 1.165) is 6.42 Å². The van der Waals surface area contributed by atoms with Crippen LogP contribution in [0, 0.1) is 12.8 Å². The van der Waals surface area contributed by atoms with Crippen LogP contribution in [0.2, 0.25) is 0 Å². The summed E-state index contributed by atoms with van der Waals surface area (Å²) < 4.78 is 1.21. The van der Waals surface area contributed by atoms with Gasteiger partial charge in [0.1, 0.15) is 0 Å². The van der Waals surface area contributed by atoms with Crippen molar-refractivity contribution in [1.29, 1.82) is 0 Å². The smallest absolute Gasteiger partial charge is 0.0731 e. The summed E-state index contributed by atoms with van der Waals surface area (Å²) in [5.74, 6) is 0.560. The zero-order valence-corrected chi connectivity index (χ0v) is 10.7. The number of halogens is 1. The first kappa shape index (κ1) is 11.2. The average Bonchev–Trinajstić information content (AvgIpc) is 2.44. The molecule has 1 aromatic heterocycles. The first-order valence-electron chi connectivity index (χ1n) is 4.57. The van der Waals surface area contributed by atoms with E-state index in [1.165, 1.54) is 14.2 Å². The summed E-state index contributed by atoms with van der Waals surface area (Å²) >= 11 is 5.28. The van der Waals surface area contributed by atoms with Crippen LogP contribution in [0.4, 0.5) is 0 Å². The highest BCUT2D eigenvalue weighted by atomic mass is 79.9. The molecule has 1 rings (SSSR count). The molecule has 2 atom stereocenters. The summed E-state index contributed by atoms with van der Waals surface area (Å²) in [6, 6.07) is 2.38. The van der Waals surface area contributed by atoms with Gasteiger partial charge in [-0.3, -0.25) is 0 Å².